The lowest BCUT2D eigenvalue weighted by molar-refractivity contribution is 0.585. The van der Waals surface area contributed by atoms with Crippen LogP contribution in [0.3, 0.4) is 0 Å². The summed E-state index contributed by atoms with van der Waals surface area (Å²) in [6.07, 6.45) is 1.72. The second-order valence-corrected chi connectivity index (χ2v) is 4.09. The highest BCUT2D eigenvalue weighted by Gasteiger charge is 2.04. The van der Waals surface area contributed by atoms with Crippen LogP contribution < -0.4 is 5.73 Å². The van der Waals surface area contributed by atoms with Crippen LogP contribution in [0.15, 0.2) is 34.9 Å². The molecule has 0 aliphatic carbocycles. The first-order valence-electron chi connectivity index (χ1n) is 4.38. The van der Waals surface area contributed by atoms with E-state index >= 15 is 0 Å². The highest BCUT2D eigenvalue weighted by molar-refractivity contribution is 9.10. The van der Waals surface area contributed by atoms with Gasteiger partial charge >= 0.3 is 0 Å². The van der Waals surface area contributed by atoms with Gasteiger partial charge in [0.05, 0.1) is 6.54 Å². The van der Waals surface area contributed by atoms with Crippen LogP contribution in [0.25, 0.3) is 0 Å². The predicted molar refractivity (Wildman–Crippen MR) is 59.8 cm³/mol. The normalized spacial score (nSPS) is 10.5. The molecule has 2 aromatic rings. The molecule has 78 valence electrons. The van der Waals surface area contributed by atoms with E-state index in [1.165, 1.54) is 6.07 Å². The zero-order valence-corrected chi connectivity index (χ0v) is 9.41. The Bertz CT molecular complexity index is 481. The fourth-order valence-corrected chi connectivity index (χ4v) is 1.62. The number of nitrogens with zero attached hydrogens (tertiary/aromatic N) is 2. The molecule has 1 heterocycles. The van der Waals surface area contributed by atoms with Crippen molar-refractivity contribution in [1.82, 2.24) is 9.78 Å². The fraction of sp³-hybridized carbons (Fsp3) is 0.100. The van der Waals surface area contributed by atoms with Gasteiger partial charge in [0.1, 0.15) is 11.6 Å². The summed E-state index contributed by atoms with van der Waals surface area (Å²) in [7, 11) is 0. The number of halogens is 2. The first-order chi connectivity index (χ1) is 7.15. The molecule has 0 amide bonds. The number of hydrogen-bond acceptors (Lipinski definition) is 2. The van der Waals surface area contributed by atoms with Crippen molar-refractivity contribution >= 4 is 21.7 Å². The lowest BCUT2D eigenvalue weighted by Gasteiger charge is -2.03. The first kappa shape index (κ1) is 10.2. The van der Waals surface area contributed by atoms with Crippen LogP contribution in [-0.2, 0) is 6.54 Å². The summed E-state index contributed by atoms with van der Waals surface area (Å²) in [4.78, 5) is 0. The third-order valence-corrected chi connectivity index (χ3v) is 2.50. The van der Waals surface area contributed by atoms with Crippen LogP contribution >= 0.6 is 15.9 Å². The van der Waals surface area contributed by atoms with E-state index in [1.807, 2.05) is 0 Å². The number of aromatic nitrogens is 2. The molecule has 1 aromatic heterocycles. The minimum absolute atomic E-state index is 0.251. The Labute approximate surface area is 94.8 Å². The zero-order valence-electron chi connectivity index (χ0n) is 7.82. The quantitative estimate of drug-likeness (QED) is 0.910. The van der Waals surface area contributed by atoms with Crippen LogP contribution in [0.5, 0.6) is 0 Å². The van der Waals surface area contributed by atoms with Crippen LogP contribution in [0.4, 0.5) is 10.2 Å². The molecule has 0 fully saturated rings. The lowest BCUT2D eigenvalue weighted by atomic mass is 10.2. The Kier molecular flexibility index (Phi) is 2.73. The molecule has 5 heteroatoms. The van der Waals surface area contributed by atoms with Crippen molar-refractivity contribution < 1.29 is 4.39 Å². The van der Waals surface area contributed by atoms with Crippen molar-refractivity contribution in [3.63, 3.8) is 0 Å². The number of anilines is 1. The van der Waals surface area contributed by atoms with E-state index in [2.05, 4.69) is 21.0 Å². The van der Waals surface area contributed by atoms with Crippen molar-refractivity contribution in [2.75, 3.05) is 5.73 Å². The maximum absolute atomic E-state index is 13.4. The molecule has 0 bridgehead atoms. The van der Waals surface area contributed by atoms with Crippen molar-refractivity contribution in [3.8, 4) is 0 Å². The summed E-state index contributed by atoms with van der Waals surface area (Å²) >= 11 is 3.20. The van der Waals surface area contributed by atoms with Gasteiger partial charge in [-0.05, 0) is 18.2 Å². The molecule has 0 saturated heterocycles. The molecule has 0 saturated carbocycles. The van der Waals surface area contributed by atoms with E-state index in [0.717, 1.165) is 4.47 Å². The van der Waals surface area contributed by atoms with Gasteiger partial charge in [-0.2, -0.15) is 5.10 Å². The molecule has 2 rings (SSSR count). The average molecular weight is 270 g/mol. The molecular weight excluding hydrogens is 261 g/mol. The highest BCUT2D eigenvalue weighted by Crippen LogP contribution is 2.16. The number of rotatable bonds is 2. The monoisotopic (exact) mass is 269 g/mol. The molecule has 0 radical (unpaired) electrons. The molecule has 3 nitrogen and oxygen atoms in total. The third-order valence-electron chi connectivity index (χ3n) is 2.01. The minimum Gasteiger partial charge on any atom is -0.382 e. The summed E-state index contributed by atoms with van der Waals surface area (Å²) in [6.45, 7) is 0.385. The Morgan fingerprint density at radius 3 is 2.80 bits per heavy atom. The summed E-state index contributed by atoms with van der Waals surface area (Å²) in [5.41, 5.74) is 6.05. The van der Waals surface area contributed by atoms with Gasteiger partial charge in [0, 0.05) is 16.2 Å². The molecule has 0 aliphatic rings. The summed E-state index contributed by atoms with van der Waals surface area (Å²) in [5, 5.41) is 3.99. The zero-order chi connectivity index (χ0) is 10.8. The van der Waals surface area contributed by atoms with Crippen LogP contribution in [0.1, 0.15) is 5.56 Å². The largest absolute Gasteiger partial charge is 0.382 e. The first-order valence-corrected chi connectivity index (χ1v) is 5.17. The molecule has 0 unspecified atom stereocenters. The molecular formula is C10H9BrFN3. The van der Waals surface area contributed by atoms with Gasteiger partial charge in [-0.1, -0.05) is 22.0 Å². The average Bonchev–Trinajstić information content (AvgIpc) is 2.56. The van der Waals surface area contributed by atoms with E-state index in [9.17, 15) is 4.39 Å². The minimum atomic E-state index is -0.251. The van der Waals surface area contributed by atoms with E-state index in [1.54, 1.807) is 29.1 Å². The summed E-state index contributed by atoms with van der Waals surface area (Å²) < 4.78 is 15.8. The van der Waals surface area contributed by atoms with Gasteiger partial charge in [0.2, 0.25) is 0 Å². The Hall–Kier alpha value is -1.36. The van der Waals surface area contributed by atoms with Crippen LogP contribution in [-0.4, -0.2) is 9.78 Å². The Morgan fingerprint density at radius 2 is 2.20 bits per heavy atom. The molecule has 0 atom stereocenters. The molecule has 2 N–H and O–H groups in total. The molecule has 1 aromatic carbocycles. The van der Waals surface area contributed by atoms with Gasteiger partial charge in [0.25, 0.3) is 0 Å². The van der Waals surface area contributed by atoms with Crippen LogP contribution in [0, 0.1) is 5.82 Å². The topological polar surface area (TPSA) is 43.8 Å². The second-order valence-electron chi connectivity index (χ2n) is 3.17. The fourth-order valence-electron chi connectivity index (χ4n) is 1.29. The van der Waals surface area contributed by atoms with E-state index in [-0.39, 0.29) is 5.82 Å². The van der Waals surface area contributed by atoms with Gasteiger partial charge in [-0.25, -0.2) is 4.39 Å². The molecule has 0 spiro atoms. The van der Waals surface area contributed by atoms with Crippen molar-refractivity contribution in [2.45, 2.75) is 6.54 Å². The standard InChI is InChI=1S/C10H9BrFN3/c11-8-2-1-7(9(12)5-8)6-15-4-3-10(13)14-15/h1-5H,6H2,(H2,13,14). The second kappa shape index (κ2) is 4.02. The van der Waals surface area contributed by atoms with E-state index < -0.39 is 0 Å². The van der Waals surface area contributed by atoms with Gasteiger partial charge in [-0.15, -0.1) is 0 Å². The van der Waals surface area contributed by atoms with E-state index in [4.69, 9.17) is 5.73 Å². The van der Waals surface area contributed by atoms with Gasteiger partial charge < -0.3 is 5.73 Å². The van der Waals surface area contributed by atoms with Gasteiger partial charge in [0.15, 0.2) is 0 Å². The smallest absolute Gasteiger partial charge is 0.145 e. The number of nitrogen functional groups attached to an aromatic ring is 1. The van der Waals surface area contributed by atoms with Gasteiger partial charge in [-0.3, -0.25) is 4.68 Å². The van der Waals surface area contributed by atoms with Crippen molar-refractivity contribution in [1.29, 1.82) is 0 Å². The third kappa shape index (κ3) is 2.36. The van der Waals surface area contributed by atoms with Crippen LogP contribution in [0.2, 0.25) is 0 Å². The lowest BCUT2D eigenvalue weighted by Crippen LogP contribution is -2.03. The summed E-state index contributed by atoms with van der Waals surface area (Å²) in [5.74, 6) is 0.186. The highest BCUT2D eigenvalue weighted by atomic mass is 79.9. The van der Waals surface area contributed by atoms with Crippen molar-refractivity contribution in [3.05, 3.63) is 46.3 Å². The SMILES string of the molecule is Nc1ccn(Cc2ccc(Br)cc2F)n1. The molecule has 15 heavy (non-hydrogen) atoms. The number of nitrogens with two attached hydrogens (primary N) is 1. The van der Waals surface area contributed by atoms with E-state index in [0.29, 0.717) is 17.9 Å². The maximum Gasteiger partial charge on any atom is 0.145 e. The molecule has 0 aliphatic heterocycles. The Balaban J connectivity index is 2.24. The van der Waals surface area contributed by atoms with Crippen molar-refractivity contribution in [2.24, 2.45) is 0 Å². The number of hydrogen-bond donors (Lipinski definition) is 1. The predicted octanol–water partition coefficient (Wildman–Crippen LogP) is 2.42. The maximum atomic E-state index is 13.4. The number of benzene rings is 1. The Morgan fingerprint density at radius 1 is 1.40 bits per heavy atom. The summed E-state index contributed by atoms with van der Waals surface area (Å²) in [6, 6.07) is 6.63.